The number of nitrogens with zero attached hydrogens (tertiary/aromatic N) is 2. The molecule has 118 valence electrons. The lowest BCUT2D eigenvalue weighted by molar-refractivity contribution is -0.695. The van der Waals surface area contributed by atoms with E-state index in [9.17, 15) is 0 Å². The van der Waals surface area contributed by atoms with Crippen molar-refractivity contribution in [2.45, 2.75) is 13.0 Å². The molecular weight excluding hydrogens is 439 g/mol. The largest absolute Gasteiger partial charge is 0.341 e. The molecular formula is C18H17ClIN2S+. The third kappa shape index (κ3) is 2.66. The molecule has 0 amide bonds. The van der Waals surface area contributed by atoms with Crippen molar-refractivity contribution in [3.8, 4) is 0 Å². The van der Waals surface area contributed by atoms with Crippen molar-refractivity contribution in [2.75, 3.05) is 11.9 Å². The maximum Gasteiger partial charge on any atom is 0.341 e. The fourth-order valence-corrected chi connectivity index (χ4v) is 4.40. The van der Waals surface area contributed by atoms with Crippen LogP contribution in [0.15, 0.2) is 53.9 Å². The quantitative estimate of drug-likeness (QED) is 0.355. The van der Waals surface area contributed by atoms with Gasteiger partial charge in [0.25, 0.3) is 0 Å². The number of hydrogen-bond acceptors (Lipinski definition) is 2. The lowest BCUT2D eigenvalue weighted by atomic mass is 9.95. The van der Waals surface area contributed by atoms with Crippen molar-refractivity contribution in [3.63, 3.8) is 0 Å². The Morgan fingerprint density at radius 1 is 1.13 bits per heavy atom. The minimum absolute atomic E-state index is 0. The van der Waals surface area contributed by atoms with Gasteiger partial charge in [-0.25, -0.2) is 9.47 Å². The van der Waals surface area contributed by atoms with Gasteiger partial charge in [-0.3, -0.25) is 0 Å². The highest BCUT2D eigenvalue weighted by Gasteiger charge is 2.38. The highest BCUT2D eigenvalue weighted by Crippen LogP contribution is 2.41. The second kappa shape index (κ2) is 6.42. The standard InChI is InChI=1S/C18H16ClN2S.HI/c1-12-11-22-18-20(2)16-9-8-14(19)10-15(16)17(21(12)18)13-6-4-3-5-7-13;/h3-11,17H,1-2H3;1H/q+1;. The van der Waals surface area contributed by atoms with Gasteiger partial charge in [0.05, 0.1) is 7.05 Å². The molecule has 23 heavy (non-hydrogen) atoms. The Hall–Kier alpha value is -1.11. The van der Waals surface area contributed by atoms with E-state index in [0.717, 1.165) is 5.02 Å². The first-order chi connectivity index (χ1) is 10.7. The number of benzene rings is 2. The molecule has 2 nitrogen and oxygen atoms in total. The number of hydrogen-bond donors (Lipinski definition) is 0. The first-order valence-corrected chi connectivity index (χ1v) is 8.50. The number of aromatic nitrogens is 1. The van der Waals surface area contributed by atoms with E-state index in [1.54, 1.807) is 11.3 Å². The Kier molecular flexibility index (Phi) is 4.67. The van der Waals surface area contributed by atoms with Crippen LogP contribution in [-0.4, -0.2) is 7.05 Å². The van der Waals surface area contributed by atoms with Gasteiger partial charge in [0.2, 0.25) is 0 Å². The fraction of sp³-hybridized carbons (Fsp3) is 0.167. The summed E-state index contributed by atoms with van der Waals surface area (Å²) in [4.78, 5) is 2.25. The molecule has 0 saturated heterocycles. The highest BCUT2D eigenvalue weighted by atomic mass is 127. The molecule has 0 saturated carbocycles. The van der Waals surface area contributed by atoms with Gasteiger partial charge in [0.15, 0.2) is 6.04 Å². The molecule has 1 aromatic heterocycles. The third-order valence-corrected chi connectivity index (χ3v) is 5.60. The van der Waals surface area contributed by atoms with Crippen LogP contribution in [0, 0.1) is 6.92 Å². The molecule has 3 aromatic rings. The van der Waals surface area contributed by atoms with Crippen LogP contribution in [0.25, 0.3) is 0 Å². The van der Waals surface area contributed by atoms with Gasteiger partial charge in [0.1, 0.15) is 11.4 Å². The summed E-state index contributed by atoms with van der Waals surface area (Å²) < 4.78 is 2.40. The zero-order valence-electron chi connectivity index (χ0n) is 12.9. The maximum absolute atomic E-state index is 6.29. The first kappa shape index (κ1) is 16.7. The average Bonchev–Trinajstić information content (AvgIpc) is 2.91. The van der Waals surface area contributed by atoms with Crippen LogP contribution in [0.1, 0.15) is 22.9 Å². The van der Waals surface area contributed by atoms with E-state index >= 15 is 0 Å². The van der Waals surface area contributed by atoms with Crippen molar-refractivity contribution in [2.24, 2.45) is 0 Å². The zero-order chi connectivity index (χ0) is 15.3. The summed E-state index contributed by atoms with van der Waals surface area (Å²) in [7, 11) is 2.12. The van der Waals surface area contributed by atoms with Gasteiger partial charge in [-0.15, -0.1) is 24.0 Å². The van der Waals surface area contributed by atoms with Gasteiger partial charge < -0.3 is 0 Å². The van der Waals surface area contributed by atoms with Crippen LogP contribution < -0.4 is 9.47 Å². The molecule has 0 fully saturated rings. The van der Waals surface area contributed by atoms with Crippen molar-refractivity contribution in [3.05, 3.63) is 75.8 Å². The molecule has 0 radical (unpaired) electrons. The van der Waals surface area contributed by atoms with E-state index in [1.165, 1.54) is 27.6 Å². The topological polar surface area (TPSA) is 7.12 Å². The van der Waals surface area contributed by atoms with Gasteiger partial charge in [-0.1, -0.05) is 53.3 Å². The van der Waals surface area contributed by atoms with E-state index < -0.39 is 0 Å². The summed E-state index contributed by atoms with van der Waals surface area (Å²) >= 11 is 8.07. The van der Waals surface area contributed by atoms with Gasteiger partial charge in [-0.2, -0.15) is 0 Å². The summed E-state index contributed by atoms with van der Waals surface area (Å²) in [6.07, 6.45) is 0. The average molecular weight is 456 g/mol. The minimum Gasteiger partial charge on any atom is -0.220 e. The number of halogens is 2. The molecule has 1 unspecified atom stereocenters. The van der Waals surface area contributed by atoms with Crippen LogP contribution in [0.2, 0.25) is 5.02 Å². The summed E-state index contributed by atoms with van der Waals surface area (Å²) in [6.45, 7) is 2.17. The van der Waals surface area contributed by atoms with Crippen molar-refractivity contribution >= 4 is 57.7 Å². The van der Waals surface area contributed by atoms with Crippen molar-refractivity contribution in [1.82, 2.24) is 0 Å². The molecule has 1 atom stereocenters. The maximum atomic E-state index is 6.29. The lowest BCUT2D eigenvalue weighted by Crippen LogP contribution is -2.48. The van der Waals surface area contributed by atoms with Gasteiger partial charge in [0, 0.05) is 21.5 Å². The normalized spacial score (nSPS) is 15.6. The molecule has 4 rings (SSSR count). The Bertz CT molecular complexity index is 847. The van der Waals surface area contributed by atoms with Crippen LogP contribution in [-0.2, 0) is 0 Å². The monoisotopic (exact) mass is 455 g/mol. The summed E-state index contributed by atoms with van der Waals surface area (Å²) in [6, 6.07) is 17.0. The van der Waals surface area contributed by atoms with Crippen LogP contribution in [0.3, 0.4) is 0 Å². The Balaban J connectivity index is 0.00000156. The molecule has 2 aromatic carbocycles. The number of fused-ring (bicyclic) bond motifs is 2. The second-order valence-corrected chi connectivity index (χ2v) is 6.88. The molecule has 0 spiro atoms. The van der Waals surface area contributed by atoms with Gasteiger partial charge in [-0.05, 0) is 25.1 Å². The van der Waals surface area contributed by atoms with E-state index in [2.05, 4.69) is 71.3 Å². The minimum atomic E-state index is 0. The number of thiazole rings is 1. The number of aryl methyl sites for hydroxylation is 1. The molecule has 1 aliphatic heterocycles. The van der Waals surface area contributed by atoms with Crippen LogP contribution >= 0.6 is 46.9 Å². The summed E-state index contributed by atoms with van der Waals surface area (Å²) in [5, 5.41) is 4.25. The predicted octanol–water partition coefficient (Wildman–Crippen LogP) is 5.33. The van der Waals surface area contributed by atoms with Crippen LogP contribution in [0.4, 0.5) is 10.8 Å². The smallest absolute Gasteiger partial charge is 0.220 e. The first-order valence-electron chi connectivity index (χ1n) is 7.24. The zero-order valence-corrected chi connectivity index (χ0v) is 16.8. The van der Waals surface area contributed by atoms with E-state index in [0.29, 0.717) is 0 Å². The van der Waals surface area contributed by atoms with Crippen molar-refractivity contribution < 1.29 is 4.57 Å². The third-order valence-electron chi connectivity index (χ3n) is 4.23. The Morgan fingerprint density at radius 2 is 1.87 bits per heavy atom. The molecule has 0 aliphatic carbocycles. The fourth-order valence-electron chi connectivity index (χ4n) is 3.21. The SMILES string of the molecule is Cc1csc2[n+]1C(c1ccccc1)c1cc(Cl)ccc1N2C.I. The summed E-state index contributed by atoms with van der Waals surface area (Å²) in [5.74, 6) is 0. The van der Waals surface area contributed by atoms with Crippen molar-refractivity contribution in [1.29, 1.82) is 0 Å². The van der Waals surface area contributed by atoms with E-state index in [1.807, 2.05) is 6.07 Å². The molecule has 0 N–H and O–H groups in total. The lowest BCUT2D eigenvalue weighted by Gasteiger charge is -2.28. The van der Waals surface area contributed by atoms with E-state index in [4.69, 9.17) is 11.6 Å². The molecule has 2 heterocycles. The number of rotatable bonds is 1. The number of anilines is 2. The van der Waals surface area contributed by atoms with Gasteiger partial charge >= 0.3 is 5.13 Å². The Morgan fingerprint density at radius 3 is 2.61 bits per heavy atom. The second-order valence-electron chi connectivity index (χ2n) is 5.61. The molecule has 0 bridgehead atoms. The highest BCUT2D eigenvalue weighted by molar-refractivity contribution is 14.0. The molecule has 5 heteroatoms. The Labute approximate surface area is 162 Å². The summed E-state index contributed by atoms with van der Waals surface area (Å²) in [5.41, 5.74) is 5.03. The predicted molar refractivity (Wildman–Crippen MR) is 108 cm³/mol. The molecule has 1 aliphatic rings. The van der Waals surface area contributed by atoms with E-state index in [-0.39, 0.29) is 30.0 Å². The van der Waals surface area contributed by atoms with Crippen LogP contribution in [0.5, 0.6) is 0 Å².